The van der Waals surface area contributed by atoms with Gasteiger partial charge in [-0.15, -0.1) is 0 Å². The number of nitrogens with two attached hydrogens (primary N) is 1. The van der Waals surface area contributed by atoms with E-state index < -0.39 is 0 Å². The van der Waals surface area contributed by atoms with Crippen LogP contribution in [0.5, 0.6) is 5.75 Å². The fraction of sp³-hybridized carbons (Fsp3) is 0.333. The van der Waals surface area contributed by atoms with E-state index in [1.807, 2.05) is 6.07 Å². The molecule has 0 aromatic heterocycles. The van der Waals surface area contributed by atoms with Crippen LogP contribution in [0.3, 0.4) is 0 Å². The topological polar surface area (TPSA) is 38.5 Å². The quantitative estimate of drug-likeness (QED) is 0.937. The van der Waals surface area contributed by atoms with Gasteiger partial charge in [0, 0.05) is 19.6 Å². The molecule has 0 bridgehead atoms. The molecule has 110 valence electrons. The van der Waals surface area contributed by atoms with Gasteiger partial charge >= 0.3 is 0 Å². The summed E-state index contributed by atoms with van der Waals surface area (Å²) in [6.07, 6.45) is 2.08. The largest absolute Gasteiger partial charge is 0.491 e. The molecule has 0 amide bonds. The van der Waals surface area contributed by atoms with Crippen molar-refractivity contribution < 1.29 is 4.74 Å². The van der Waals surface area contributed by atoms with Gasteiger partial charge in [0.2, 0.25) is 0 Å². The van der Waals surface area contributed by atoms with Crippen LogP contribution >= 0.6 is 0 Å². The van der Waals surface area contributed by atoms with E-state index in [0.29, 0.717) is 6.54 Å². The second kappa shape index (κ2) is 6.64. The molecule has 0 atom stereocenters. The van der Waals surface area contributed by atoms with Gasteiger partial charge in [-0.3, -0.25) is 0 Å². The molecular weight excluding hydrogens is 260 g/mol. The summed E-state index contributed by atoms with van der Waals surface area (Å²) in [5, 5.41) is 0. The van der Waals surface area contributed by atoms with Crippen LogP contribution in [0.2, 0.25) is 0 Å². The molecule has 0 fully saturated rings. The number of benzene rings is 2. The Labute approximate surface area is 126 Å². The molecule has 2 aromatic carbocycles. The smallest absolute Gasteiger partial charge is 0.142 e. The van der Waals surface area contributed by atoms with Crippen LogP contribution in [0.25, 0.3) is 0 Å². The average Bonchev–Trinajstić information content (AvgIpc) is 2.75. The highest BCUT2D eigenvalue weighted by molar-refractivity contribution is 5.59. The predicted molar refractivity (Wildman–Crippen MR) is 86.8 cm³/mol. The molecule has 0 radical (unpaired) electrons. The first kappa shape index (κ1) is 14.0. The van der Waals surface area contributed by atoms with Crippen LogP contribution in [0, 0.1) is 0 Å². The monoisotopic (exact) mass is 282 g/mol. The molecule has 0 spiro atoms. The minimum atomic E-state index is 0.607. The minimum absolute atomic E-state index is 0.607. The second-order valence-corrected chi connectivity index (χ2v) is 5.38. The lowest BCUT2D eigenvalue weighted by atomic mass is 10.0. The van der Waals surface area contributed by atoms with Crippen molar-refractivity contribution in [2.24, 2.45) is 5.73 Å². The number of para-hydroxylation sites is 2. The molecule has 1 heterocycles. The molecule has 21 heavy (non-hydrogen) atoms. The summed E-state index contributed by atoms with van der Waals surface area (Å²) in [6, 6.07) is 16.8. The molecular formula is C18H22N2O. The van der Waals surface area contributed by atoms with Crippen molar-refractivity contribution in [2.45, 2.75) is 19.4 Å². The van der Waals surface area contributed by atoms with Crippen molar-refractivity contribution in [1.82, 2.24) is 0 Å². The van der Waals surface area contributed by atoms with Gasteiger partial charge in [-0.25, -0.2) is 0 Å². The number of rotatable bonds is 4. The van der Waals surface area contributed by atoms with Crippen molar-refractivity contribution in [1.29, 1.82) is 0 Å². The minimum Gasteiger partial charge on any atom is -0.491 e. The van der Waals surface area contributed by atoms with Crippen LogP contribution in [-0.2, 0) is 13.0 Å². The summed E-state index contributed by atoms with van der Waals surface area (Å²) >= 11 is 0. The Balaban J connectivity index is 1.76. The first-order valence-corrected chi connectivity index (χ1v) is 7.62. The van der Waals surface area contributed by atoms with Crippen molar-refractivity contribution in [3.63, 3.8) is 0 Å². The number of anilines is 1. The molecule has 1 aliphatic rings. The first-order chi connectivity index (χ1) is 10.4. The predicted octanol–water partition coefficient (Wildman–Crippen LogP) is 2.98. The van der Waals surface area contributed by atoms with Gasteiger partial charge in [0.05, 0.1) is 12.3 Å². The molecule has 3 heteroatoms. The molecule has 0 unspecified atom stereocenters. The van der Waals surface area contributed by atoms with Crippen molar-refractivity contribution in [2.75, 3.05) is 24.6 Å². The highest BCUT2D eigenvalue weighted by Crippen LogP contribution is 2.30. The summed E-state index contributed by atoms with van der Waals surface area (Å²) in [6.45, 7) is 3.45. The number of fused-ring (bicyclic) bond motifs is 1. The summed E-state index contributed by atoms with van der Waals surface area (Å²) in [4.78, 5) is 2.43. The Morgan fingerprint density at radius 3 is 2.62 bits per heavy atom. The van der Waals surface area contributed by atoms with E-state index in [4.69, 9.17) is 10.5 Å². The Kier molecular flexibility index (Phi) is 4.41. The fourth-order valence-electron chi connectivity index (χ4n) is 2.89. The molecule has 1 aliphatic heterocycles. The first-order valence-electron chi connectivity index (χ1n) is 7.62. The number of hydrogen-bond acceptors (Lipinski definition) is 3. The maximum Gasteiger partial charge on any atom is 0.142 e. The summed E-state index contributed by atoms with van der Waals surface area (Å²) < 4.78 is 5.81. The molecule has 0 aliphatic carbocycles. The normalized spacial score (nSPS) is 14.2. The van der Waals surface area contributed by atoms with Gasteiger partial charge in [0.15, 0.2) is 0 Å². The molecule has 0 saturated carbocycles. The maximum atomic E-state index is 5.83. The molecule has 3 rings (SSSR count). The third-order valence-electron chi connectivity index (χ3n) is 4.03. The van der Waals surface area contributed by atoms with Gasteiger partial charge in [-0.1, -0.05) is 36.4 Å². The van der Waals surface area contributed by atoms with Gasteiger partial charge in [0.1, 0.15) is 5.75 Å². The van der Waals surface area contributed by atoms with E-state index in [9.17, 15) is 0 Å². The zero-order valence-electron chi connectivity index (χ0n) is 12.3. The Hall–Kier alpha value is -2.00. The van der Waals surface area contributed by atoms with Crippen LogP contribution in [0.1, 0.15) is 17.5 Å². The standard InChI is InChI=1S/C18H22N2O/c19-14-16-7-2-1-6-15(16)10-12-20-11-5-13-21-18-9-4-3-8-17(18)20/h1-4,6-9H,5,10-14,19H2. The summed E-state index contributed by atoms with van der Waals surface area (Å²) in [5.74, 6) is 1.00. The van der Waals surface area contributed by atoms with E-state index in [1.165, 1.54) is 16.8 Å². The van der Waals surface area contributed by atoms with E-state index in [-0.39, 0.29) is 0 Å². The van der Waals surface area contributed by atoms with E-state index >= 15 is 0 Å². The van der Waals surface area contributed by atoms with E-state index in [1.54, 1.807) is 0 Å². The fourth-order valence-corrected chi connectivity index (χ4v) is 2.89. The average molecular weight is 282 g/mol. The van der Waals surface area contributed by atoms with Gasteiger partial charge in [0.25, 0.3) is 0 Å². The van der Waals surface area contributed by atoms with Crippen LogP contribution in [0.4, 0.5) is 5.69 Å². The van der Waals surface area contributed by atoms with Crippen molar-refractivity contribution in [3.8, 4) is 5.75 Å². The lowest BCUT2D eigenvalue weighted by Crippen LogP contribution is -2.26. The molecule has 0 saturated heterocycles. The number of ether oxygens (including phenoxy) is 1. The lowest BCUT2D eigenvalue weighted by Gasteiger charge is -2.24. The zero-order chi connectivity index (χ0) is 14.5. The molecule has 3 nitrogen and oxygen atoms in total. The Morgan fingerprint density at radius 1 is 1.00 bits per heavy atom. The summed E-state index contributed by atoms with van der Waals surface area (Å²) in [7, 11) is 0. The Morgan fingerprint density at radius 2 is 1.76 bits per heavy atom. The number of nitrogens with zero attached hydrogens (tertiary/aromatic N) is 1. The highest BCUT2D eigenvalue weighted by Gasteiger charge is 2.15. The second-order valence-electron chi connectivity index (χ2n) is 5.38. The van der Waals surface area contributed by atoms with Gasteiger partial charge < -0.3 is 15.4 Å². The SMILES string of the molecule is NCc1ccccc1CCN1CCCOc2ccccc21. The molecule has 2 aromatic rings. The van der Waals surface area contributed by atoms with E-state index in [2.05, 4.69) is 47.4 Å². The maximum absolute atomic E-state index is 5.83. The highest BCUT2D eigenvalue weighted by atomic mass is 16.5. The van der Waals surface area contributed by atoms with Crippen molar-refractivity contribution >= 4 is 5.69 Å². The van der Waals surface area contributed by atoms with Crippen LogP contribution < -0.4 is 15.4 Å². The number of hydrogen-bond donors (Lipinski definition) is 1. The van der Waals surface area contributed by atoms with Crippen molar-refractivity contribution in [3.05, 3.63) is 59.7 Å². The zero-order valence-corrected chi connectivity index (χ0v) is 12.3. The molecule has 2 N–H and O–H groups in total. The third-order valence-corrected chi connectivity index (χ3v) is 4.03. The van der Waals surface area contributed by atoms with Gasteiger partial charge in [-0.05, 0) is 36.1 Å². The van der Waals surface area contributed by atoms with E-state index in [0.717, 1.165) is 38.3 Å². The Bertz CT molecular complexity index is 597. The summed E-state index contributed by atoms with van der Waals surface area (Å²) in [5.41, 5.74) is 9.63. The third kappa shape index (κ3) is 3.19. The van der Waals surface area contributed by atoms with Crippen LogP contribution in [0.15, 0.2) is 48.5 Å². The van der Waals surface area contributed by atoms with Crippen LogP contribution in [-0.4, -0.2) is 19.7 Å². The van der Waals surface area contributed by atoms with Gasteiger partial charge in [-0.2, -0.15) is 0 Å². The lowest BCUT2D eigenvalue weighted by molar-refractivity contribution is 0.322.